The van der Waals surface area contributed by atoms with Gasteiger partial charge in [-0.3, -0.25) is 0 Å². The van der Waals surface area contributed by atoms with E-state index in [1.165, 1.54) is 10.8 Å². The van der Waals surface area contributed by atoms with Crippen LogP contribution in [0.2, 0.25) is 0 Å². The lowest BCUT2D eigenvalue weighted by atomic mass is 10.1. The third-order valence-electron chi connectivity index (χ3n) is 1.66. The highest BCUT2D eigenvalue weighted by atomic mass is 14.7. The van der Waals surface area contributed by atoms with Gasteiger partial charge in [0.05, 0.1) is 0 Å². The van der Waals surface area contributed by atoms with Crippen LogP contribution in [0.15, 0.2) is 48.5 Å². The minimum atomic E-state index is 1.31. The smallest absolute Gasteiger partial charge is 0.0167 e. The molecule has 1 heteroatoms. The van der Waals surface area contributed by atoms with Crippen LogP contribution in [0.25, 0.3) is 10.8 Å². The molecule has 0 aliphatic heterocycles. The van der Waals surface area contributed by atoms with Gasteiger partial charge in [0.15, 0.2) is 0 Å². The van der Waals surface area contributed by atoms with E-state index in [0.29, 0.717) is 0 Å². The summed E-state index contributed by atoms with van der Waals surface area (Å²) in [6.45, 7) is 0. The number of fused-ring (bicyclic) bond motifs is 1. The predicted octanol–water partition coefficient (Wildman–Crippen LogP) is 2.68. The molecule has 0 atom stereocenters. The Morgan fingerprint density at radius 3 is 1.15 bits per heavy atom. The van der Waals surface area contributed by atoms with Gasteiger partial charge in [-0.1, -0.05) is 48.5 Å². The molecule has 0 spiro atoms. The SMILES string of the molecule is CNC.c1ccc2ccccc2c1. The Morgan fingerprint density at radius 2 is 0.923 bits per heavy atom. The molecule has 0 aliphatic carbocycles. The molecule has 0 aromatic heterocycles. The molecule has 2 aromatic carbocycles. The number of rotatable bonds is 0. The van der Waals surface area contributed by atoms with Gasteiger partial charge in [-0.2, -0.15) is 0 Å². The van der Waals surface area contributed by atoms with Gasteiger partial charge >= 0.3 is 0 Å². The summed E-state index contributed by atoms with van der Waals surface area (Å²) in [5.41, 5.74) is 0. The molecule has 0 amide bonds. The highest BCUT2D eigenvalue weighted by Gasteiger charge is 1.85. The van der Waals surface area contributed by atoms with Crippen LogP contribution in [0.4, 0.5) is 0 Å². The highest BCUT2D eigenvalue weighted by molar-refractivity contribution is 5.81. The Balaban J connectivity index is 0.000000251. The molecule has 0 radical (unpaired) electrons. The first-order valence-electron chi connectivity index (χ1n) is 4.40. The van der Waals surface area contributed by atoms with Crippen molar-refractivity contribution in [1.29, 1.82) is 0 Å². The van der Waals surface area contributed by atoms with Crippen LogP contribution in [0.3, 0.4) is 0 Å². The summed E-state index contributed by atoms with van der Waals surface area (Å²) in [5, 5.41) is 5.37. The van der Waals surface area contributed by atoms with Crippen LogP contribution >= 0.6 is 0 Å². The van der Waals surface area contributed by atoms with Gasteiger partial charge < -0.3 is 5.32 Å². The second-order valence-corrected chi connectivity index (χ2v) is 2.85. The Labute approximate surface area is 79.4 Å². The Hall–Kier alpha value is -1.34. The van der Waals surface area contributed by atoms with Gasteiger partial charge in [-0.25, -0.2) is 0 Å². The lowest BCUT2D eigenvalue weighted by molar-refractivity contribution is 1.02. The van der Waals surface area contributed by atoms with Crippen molar-refractivity contribution in [2.24, 2.45) is 0 Å². The van der Waals surface area contributed by atoms with E-state index in [9.17, 15) is 0 Å². The van der Waals surface area contributed by atoms with Crippen molar-refractivity contribution in [3.8, 4) is 0 Å². The van der Waals surface area contributed by atoms with Crippen molar-refractivity contribution in [3.63, 3.8) is 0 Å². The molecule has 68 valence electrons. The summed E-state index contributed by atoms with van der Waals surface area (Å²) >= 11 is 0. The van der Waals surface area contributed by atoms with Gasteiger partial charge in [0.25, 0.3) is 0 Å². The molecule has 0 unspecified atom stereocenters. The molecule has 0 saturated heterocycles. The Bertz CT molecular complexity index is 289. The fourth-order valence-electron chi connectivity index (χ4n) is 1.13. The average molecular weight is 173 g/mol. The van der Waals surface area contributed by atoms with Crippen LogP contribution in [0, 0.1) is 0 Å². The summed E-state index contributed by atoms with van der Waals surface area (Å²) in [5.74, 6) is 0. The van der Waals surface area contributed by atoms with Crippen LogP contribution in [-0.2, 0) is 0 Å². The molecule has 0 heterocycles. The minimum Gasteiger partial charge on any atom is -0.323 e. The zero-order chi connectivity index (χ0) is 9.52. The summed E-state index contributed by atoms with van der Waals surface area (Å²) in [6.07, 6.45) is 0. The maximum Gasteiger partial charge on any atom is -0.0167 e. The standard InChI is InChI=1S/C10H8.C2H7N/c1-2-6-10-8-4-3-7-9(10)5-1;1-3-2/h1-8H;3H,1-2H3. The lowest BCUT2D eigenvalue weighted by Crippen LogP contribution is -1.89. The van der Waals surface area contributed by atoms with Crippen LogP contribution in [-0.4, -0.2) is 14.1 Å². The maximum atomic E-state index is 2.75. The van der Waals surface area contributed by atoms with E-state index in [-0.39, 0.29) is 0 Å². The Kier molecular flexibility index (Phi) is 4.00. The van der Waals surface area contributed by atoms with E-state index in [4.69, 9.17) is 0 Å². The summed E-state index contributed by atoms with van der Waals surface area (Å²) < 4.78 is 0. The summed E-state index contributed by atoms with van der Waals surface area (Å²) in [7, 11) is 3.75. The molecule has 0 bridgehead atoms. The number of hydrogen-bond donors (Lipinski definition) is 1. The van der Waals surface area contributed by atoms with E-state index in [1.54, 1.807) is 0 Å². The largest absolute Gasteiger partial charge is 0.323 e. The molecule has 0 saturated carbocycles. The zero-order valence-corrected chi connectivity index (χ0v) is 8.12. The first-order valence-corrected chi connectivity index (χ1v) is 4.40. The molecule has 2 rings (SSSR count). The van der Waals surface area contributed by atoms with E-state index < -0.39 is 0 Å². The van der Waals surface area contributed by atoms with E-state index >= 15 is 0 Å². The van der Waals surface area contributed by atoms with Crippen molar-refractivity contribution in [2.75, 3.05) is 14.1 Å². The Morgan fingerprint density at radius 1 is 0.692 bits per heavy atom. The van der Waals surface area contributed by atoms with Crippen LogP contribution in [0.5, 0.6) is 0 Å². The lowest BCUT2D eigenvalue weighted by Gasteiger charge is -1.92. The molecule has 1 nitrogen and oxygen atoms in total. The summed E-state index contributed by atoms with van der Waals surface area (Å²) in [4.78, 5) is 0. The minimum absolute atomic E-state index is 1.31. The van der Waals surface area contributed by atoms with Gasteiger partial charge in [0.1, 0.15) is 0 Å². The molecular weight excluding hydrogens is 158 g/mol. The van der Waals surface area contributed by atoms with Crippen molar-refractivity contribution < 1.29 is 0 Å². The normalized spacial score (nSPS) is 9.08. The van der Waals surface area contributed by atoms with Gasteiger partial charge in [-0.15, -0.1) is 0 Å². The van der Waals surface area contributed by atoms with Crippen molar-refractivity contribution in [2.45, 2.75) is 0 Å². The van der Waals surface area contributed by atoms with Crippen molar-refractivity contribution >= 4 is 10.8 Å². The molecular formula is C12H15N. The first-order chi connectivity index (χ1) is 6.38. The third kappa shape index (κ3) is 2.88. The quantitative estimate of drug-likeness (QED) is 0.646. The van der Waals surface area contributed by atoms with E-state index in [0.717, 1.165) is 0 Å². The molecule has 0 fully saturated rings. The second-order valence-electron chi connectivity index (χ2n) is 2.85. The predicted molar refractivity (Wildman–Crippen MR) is 58.9 cm³/mol. The number of benzene rings is 2. The van der Waals surface area contributed by atoms with Gasteiger partial charge in [0.2, 0.25) is 0 Å². The topological polar surface area (TPSA) is 12.0 Å². The monoisotopic (exact) mass is 173 g/mol. The average Bonchev–Trinajstić information content (AvgIpc) is 2.19. The van der Waals surface area contributed by atoms with Crippen LogP contribution in [0.1, 0.15) is 0 Å². The maximum absolute atomic E-state index is 2.75. The number of hydrogen-bond acceptors (Lipinski definition) is 1. The van der Waals surface area contributed by atoms with E-state index in [1.807, 2.05) is 14.1 Å². The van der Waals surface area contributed by atoms with Crippen molar-refractivity contribution in [3.05, 3.63) is 48.5 Å². The fourth-order valence-corrected chi connectivity index (χ4v) is 1.13. The zero-order valence-electron chi connectivity index (χ0n) is 8.12. The van der Waals surface area contributed by atoms with Gasteiger partial charge in [0, 0.05) is 0 Å². The first kappa shape index (κ1) is 9.75. The highest BCUT2D eigenvalue weighted by Crippen LogP contribution is 2.11. The van der Waals surface area contributed by atoms with Gasteiger partial charge in [-0.05, 0) is 24.9 Å². The third-order valence-corrected chi connectivity index (χ3v) is 1.66. The second kappa shape index (κ2) is 5.33. The summed E-state index contributed by atoms with van der Waals surface area (Å²) in [6, 6.07) is 16.7. The molecule has 1 N–H and O–H groups in total. The van der Waals surface area contributed by atoms with Crippen molar-refractivity contribution in [1.82, 2.24) is 5.32 Å². The number of nitrogens with one attached hydrogen (secondary N) is 1. The fraction of sp³-hybridized carbons (Fsp3) is 0.167. The molecule has 13 heavy (non-hydrogen) atoms. The van der Waals surface area contributed by atoms with E-state index in [2.05, 4.69) is 53.8 Å². The molecule has 2 aromatic rings. The van der Waals surface area contributed by atoms with Crippen LogP contribution < -0.4 is 5.32 Å². The molecule has 0 aliphatic rings.